The van der Waals surface area contributed by atoms with Gasteiger partial charge in [0, 0.05) is 25.2 Å². The number of esters is 1. The van der Waals surface area contributed by atoms with E-state index in [0.717, 1.165) is 6.07 Å². The third-order valence-corrected chi connectivity index (χ3v) is 8.03. The molecule has 0 aliphatic carbocycles. The van der Waals surface area contributed by atoms with E-state index in [4.69, 9.17) is 4.74 Å². The largest absolute Gasteiger partial charge is 0.466 e. The summed E-state index contributed by atoms with van der Waals surface area (Å²) in [5.41, 5.74) is 1.80. The molecule has 1 fully saturated rings. The second-order valence-corrected chi connectivity index (χ2v) is 11.1. The van der Waals surface area contributed by atoms with Gasteiger partial charge in [0.25, 0.3) is 10.0 Å². The van der Waals surface area contributed by atoms with Crippen molar-refractivity contribution in [3.05, 3.63) is 95.1 Å². The zero-order chi connectivity index (χ0) is 28.0. The Bertz CT molecular complexity index is 1440. The third-order valence-electron chi connectivity index (χ3n) is 6.65. The maximum absolute atomic E-state index is 14.7. The van der Waals surface area contributed by atoms with Gasteiger partial charge in [-0.25, -0.2) is 17.2 Å². The van der Waals surface area contributed by atoms with Gasteiger partial charge in [0.2, 0.25) is 5.91 Å². The molecule has 0 aromatic heterocycles. The number of nitrogens with one attached hydrogen (secondary N) is 1. The maximum Gasteiger partial charge on any atom is 0.309 e. The van der Waals surface area contributed by atoms with Crippen molar-refractivity contribution >= 4 is 27.6 Å². The lowest BCUT2D eigenvalue weighted by atomic mass is 9.96. The highest BCUT2D eigenvalue weighted by atomic mass is 32.2. The smallest absolute Gasteiger partial charge is 0.309 e. The van der Waals surface area contributed by atoms with Crippen LogP contribution in [0.2, 0.25) is 0 Å². The van der Waals surface area contributed by atoms with Crippen LogP contribution in [0, 0.1) is 17.6 Å². The van der Waals surface area contributed by atoms with Crippen molar-refractivity contribution in [2.45, 2.75) is 37.5 Å². The highest BCUT2D eigenvalue weighted by Crippen LogP contribution is 2.23. The van der Waals surface area contributed by atoms with E-state index < -0.39 is 21.7 Å². The summed E-state index contributed by atoms with van der Waals surface area (Å²) in [5, 5.41) is 0. The van der Waals surface area contributed by atoms with Crippen LogP contribution in [0.5, 0.6) is 0 Å². The summed E-state index contributed by atoms with van der Waals surface area (Å²) < 4.78 is 61.2. The van der Waals surface area contributed by atoms with Crippen LogP contribution >= 0.6 is 0 Å². The number of anilines is 1. The summed E-state index contributed by atoms with van der Waals surface area (Å²) in [6.45, 7) is 3.07. The first-order valence-corrected chi connectivity index (χ1v) is 14.2. The van der Waals surface area contributed by atoms with E-state index in [1.807, 2.05) is 0 Å². The van der Waals surface area contributed by atoms with Crippen LogP contribution in [0.15, 0.2) is 71.6 Å². The Kier molecular flexibility index (Phi) is 8.96. The Morgan fingerprint density at radius 1 is 0.974 bits per heavy atom. The topological polar surface area (TPSA) is 92.8 Å². The molecule has 0 atom stereocenters. The van der Waals surface area contributed by atoms with Crippen LogP contribution in [0.4, 0.5) is 14.5 Å². The van der Waals surface area contributed by atoms with E-state index in [1.165, 1.54) is 30.3 Å². The third kappa shape index (κ3) is 7.41. The van der Waals surface area contributed by atoms with Gasteiger partial charge in [0.05, 0.1) is 23.8 Å². The molecule has 1 amide bonds. The minimum Gasteiger partial charge on any atom is -0.466 e. The first kappa shape index (κ1) is 28.2. The molecule has 7 nitrogen and oxygen atoms in total. The SMILES string of the molecule is CCOC(=O)C1CCN(C(=O)Cc2ccc(NS(=O)(=O)c3ccc(Cc4cccc(F)c4)c(F)c3)cc2)CC1. The molecule has 3 aromatic carbocycles. The summed E-state index contributed by atoms with van der Waals surface area (Å²) >= 11 is 0. The van der Waals surface area contributed by atoms with Crippen LogP contribution in [0.25, 0.3) is 0 Å². The summed E-state index contributed by atoms with van der Waals surface area (Å²) in [6, 6.07) is 15.8. The van der Waals surface area contributed by atoms with Crippen molar-refractivity contribution in [3.63, 3.8) is 0 Å². The predicted octanol–water partition coefficient (Wildman–Crippen LogP) is 4.70. The van der Waals surface area contributed by atoms with Crippen molar-refractivity contribution < 1.29 is 31.5 Å². The number of carbonyl (C=O) groups excluding carboxylic acids is 2. The Hall–Kier alpha value is -3.79. The van der Waals surface area contributed by atoms with Gasteiger partial charge in [-0.3, -0.25) is 14.3 Å². The van der Waals surface area contributed by atoms with Crippen LogP contribution in [-0.2, 0) is 37.2 Å². The number of carbonyl (C=O) groups is 2. The number of piperidine rings is 1. The van der Waals surface area contributed by atoms with Crippen molar-refractivity contribution in [1.29, 1.82) is 0 Å². The molecule has 0 spiro atoms. The predicted molar refractivity (Wildman–Crippen MR) is 142 cm³/mol. The van der Waals surface area contributed by atoms with Gasteiger partial charge in [0.1, 0.15) is 11.6 Å². The monoisotopic (exact) mass is 556 g/mol. The van der Waals surface area contributed by atoms with Gasteiger partial charge in [-0.05, 0) is 72.9 Å². The minimum absolute atomic E-state index is 0.0700. The number of hydrogen-bond acceptors (Lipinski definition) is 5. The molecule has 10 heteroatoms. The zero-order valence-electron chi connectivity index (χ0n) is 21.5. The van der Waals surface area contributed by atoms with Gasteiger partial charge >= 0.3 is 5.97 Å². The molecule has 39 heavy (non-hydrogen) atoms. The molecule has 1 saturated heterocycles. The molecule has 3 aromatic rings. The first-order chi connectivity index (χ1) is 18.6. The first-order valence-electron chi connectivity index (χ1n) is 12.7. The highest BCUT2D eigenvalue weighted by Gasteiger charge is 2.28. The number of amides is 1. The number of halogens is 2. The molecule has 1 aliphatic heterocycles. The molecule has 1 N–H and O–H groups in total. The van der Waals surface area contributed by atoms with Crippen LogP contribution < -0.4 is 4.72 Å². The summed E-state index contributed by atoms with van der Waals surface area (Å²) in [7, 11) is -4.06. The van der Waals surface area contributed by atoms with Gasteiger partial charge in [-0.15, -0.1) is 0 Å². The Labute approximate surface area is 226 Å². The lowest BCUT2D eigenvalue weighted by Gasteiger charge is -2.31. The summed E-state index contributed by atoms with van der Waals surface area (Å²) in [4.78, 5) is 26.1. The van der Waals surface area contributed by atoms with Crippen molar-refractivity contribution in [3.8, 4) is 0 Å². The van der Waals surface area contributed by atoms with Crippen LogP contribution in [-0.4, -0.2) is 44.9 Å². The fraction of sp³-hybridized carbons (Fsp3) is 0.310. The molecule has 4 rings (SSSR count). The second kappa shape index (κ2) is 12.4. The van der Waals surface area contributed by atoms with Gasteiger partial charge in [0.15, 0.2) is 0 Å². The van der Waals surface area contributed by atoms with Crippen LogP contribution in [0.3, 0.4) is 0 Å². The summed E-state index contributed by atoms with van der Waals surface area (Å²) in [5.74, 6) is -1.60. The highest BCUT2D eigenvalue weighted by molar-refractivity contribution is 7.92. The molecule has 0 radical (unpaired) electrons. The number of hydrogen-bond donors (Lipinski definition) is 1. The number of likely N-dealkylation sites (tertiary alicyclic amines) is 1. The standard InChI is InChI=1S/C29H30F2N2O5S/c1-2-38-29(35)22-12-14-33(15-13-22)28(34)18-20-6-9-25(10-7-20)32-39(36,37)26-11-8-23(27(31)19-26)16-21-4-3-5-24(30)17-21/h3-11,17,19,22,32H,2,12-16,18H2,1H3. The molecule has 206 valence electrons. The summed E-state index contributed by atoms with van der Waals surface area (Å²) in [6.07, 6.45) is 1.41. The second-order valence-electron chi connectivity index (χ2n) is 9.45. The normalized spacial score (nSPS) is 14.2. The maximum atomic E-state index is 14.7. The number of benzene rings is 3. The zero-order valence-corrected chi connectivity index (χ0v) is 22.3. The van der Waals surface area contributed by atoms with Crippen molar-refractivity contribution in [1.82, 2.24) is 4.90 Å². The van der Waals surface area contributed by atoms with E-state index in [-0.39, 0.29) is 46.8 Å². The van der Waals surface area contributed by atoms with Crippen LogP contribution in [0.1, 0.15) is 36.5 Å². The van der Waals surface area contributed by atoms with Gasteiger partial charge in [-0.1, -0.05) is 30.3 Å². The number of ether oxygens (including phenoxy) is 1. The number of sulfonamides is 1. The molecule has 0 bridgehead atoms. The molecular formula is C29H30F2N2O5S. The fourth-order valence-electron chi connectivity index (χ4n) is 4.52. The van der Waals surface area contributed by atoms with E-state index in [1.54, 1.807) is 42.2 Å². The average Bonchev–Trinajstić information content (AvgIpc) is 2.91. The molecular weight excluding hydrogens is 526 g/mol. The van der Waals surface area contributed by atoms with E-state index >= 15 is 0 Å². The molecule has 1 aliphatic rings. The minimum atomic E-state index is -4.06. The number of nitrogens with zero attached hydrogens (tertiary/aromatic N) is 1. The number of rotatable bonds is 9. The van der Waals surface area contributed by atoms with E-state index in [9.17, 15) is 26.8 Å². The lowest BCUT2D eigenvalue weighted by molar-refractivity contribution is -0.151. The Morgan fingerprint density at radius 2 is 1.69 bits per heavy atom. The molecule has 0 saturated carbocycles. The fourth-order valence-corrected chi connectivity index (χ4v) is 5.59. The Balaban J connectivity index is 1.33. The van der Waals surface area contributed by atoms with Crippen molar-refractivity contribution in [2.75, 3.05) is 24.4 Å². The quantitative estimate of drug-likeness (QED) is 0.386. The van der Waals surface area contributed by atoms with E-state index in [2.05, 4.69) is 4.72 Å². The average molecular weight is 557 g/mol. The molecule has 0 unspecified atom stereocenters. The molecule has 1 heterocycles. The van der Waals surface area contributed by atoms with Gasteiger partial charge in [-0.2, -0.15) is 0 Å². The van der Waals surface area contributed by atoms with Gasteiger partial charge < -0.3 is 9.64 Å². The lowest BCUT2D eigenvalue weighted by Crippen LogP contribution is -2.41. The van der Waals surface area contributed by atoms with E-state index in [0.29, 0.717) is 43.7 Å². The van der Waals surface area contributed by atoms with Crippen molar-refractivity contribution in [2.24, 2.45) is 5.92 Å². The Morgan fingerprint density at radius 3 is 2.33 bits per heavy atom.